The lowest BCUT2D eigenvalue weighted by Crippen LogP contribution is -2.48. The summed E-state index contributed by atoms with van der Waals surface area (Å²) in [6.07, 6.45) is 2.19. The van der Waals surface area contributed by atoms with E-state index in [9.17, 15) is 8.42 Å². The Hall–Kier alpha value is -0.170. The Balaban J connectivity index is 1.88. The zero-order chi connectivity index (χ0) is 13.2. The molecule has 6 heteroatoms. The van der Waals surface area contributed by atoms with Crippen LogP contribution in [0.4, 0.5) is 0 Å². The third kappa shape index (κ3) is 3.66. The average Bonchev–Trinajstić information content (AvgIpc) is 2.78. The first-order valence-electron chi connectivity index (χ1n) is 6.93. The van der Waals surface area contributed by atoms with E-state index in [-0.39, 0.29) is 0 Å². The van der Waals surface area contributed by atoms with Crippen molar-refractivity contribution in [3.8, 4) is 0 Å². The molecule has 0 amide bonds. The smallest absolute Gasteiger partial charge is 0.279 e. The van der Waals surface area contributed by atoms with Crippen molar-refractivity contribution in [2.24, 2.45) is 17.8 Å². The van der Waals surface area contributed by atoms with Gasteiger partial charge in [0.25, 0.3) is 10.2 Å². The highest BCUT2D eigenvalue weighted by Gasteiger charge is 2.30. The second-order valence-corrected chi connectivity index (χ2v) is 7.73. The fourth-order valence-corrected chi connectivity index (χ4v) is 4.54. The summed E-state index contributed by atoms with van der Waals surface area (Å²) in [5.41, 5.74) is 0. The summed E-state index contributed by atoms with van der Waals surface area (Å²) < 4.78 is 28.8. The number of piperidine rings is 1. The van der Waals surface area contributed by atoms with Crippen LogP contribution < -0.4 is 10.0 Å². The summed E-state index contributed by atoms with van der Waals surface area (Å²) in [6, 6.07) is 0. The molecule has 0 saturated carbocycles. The zero-order valence-electron chi connectivity index (χ0n) is 11.4. The van der Waals surface area contributed by atoms with Crippen LogP contribution in [0.15, 0.2) is 0 Å². The third-order valence-corrected chi connectivity index (χ3v) is 5.40. The Morgan fingerprint density at radius 1 is 1.28 bits per heavy atom. The molecule has 0 aromatic carbocycles. The summed E-state index contributed by atoms with van der Waals surface area (Å²) in [5.74, 6) is 1.36. The van der Waals surface area contributed by atoms with Crippen LogP contribution in [0.25, 0.3) is 0 Å². The van der Waals surface area contributed by atoms with E-state index in [0.29, 0.717) is 37.4 Å². The van der Waals surface area contributed by atoms with Crippen molar-refractivity contribution >= 4 is 10.2 Å². The van der Waals surface area contributed by atoms with E-state index < -0.39 is 10.2 Å². The molecule has 2 N–H and O–H groups in total. The van der Waals surface area contributed by atoms with Gasteiger partial charge in [0, 0.05) is 19.6 Å². The number of hydrogen-bond donors (Lipinski definition) is 2. The normalized spacial score (nSPS) is 34.9. The van der Waals surface area contributed by atoms with E-state index in [0.717, 1.165) is 25.9 Å². The minimum atomic E-state index is -3.28. The van der Waals surface area contributed by atoms with E-state index in [4.69, 9.17) is 0 Å². The maximum Gasteiger partial charge on any atom is 0.279 e. The quantitative estimate of drug-likeness (QED) is 0.781. The lowest BCUT2D eigenvalue weighted by atomic mass is 9.94. The van der Waals surface area contributed by atoms with Crippen LogP contribution >= 0.6 is 0 Å². The Morgan fingerprint density at radius 3 is 2.50 bits per heavy atom. The predicted molar refractivity (Wildman–Crippen MR) is 72.4 cm³/mol. The molecule has 5 nitrogen and oxygen atoms in total. The topological polar surface area (TPSA) is 61.4 Å². The van der Waals surface area contributed by atoms with Crippen LogP contribution in [0, 0.1) is 17.8 Å². The first-order valence-corrected chi connectivity index (χ1v) is 8.37. The van der Waals surface area contributed by atoms with Crippen molar-refractivity contribution in [2.75, 3.05) is 32.7 Å². The third-order valence-electron chi connectivity index (χ3n) is 3.89. The first kappa shape index (κ1) is 14.2. The molecule has 2 saturated heterocycles. The minimum absolute atomic E-state index is 0.444. The van der Waals surface area contributed by atoms with Gasteiger partial charge in [-0.1, -0.05) is 13.8 Å². The molecule has 0 aromatic rings. The summed E-state index contributed by atoms with van der Waals surface area (Å²) >= 11 is 0. The number of hydrogen-bond acceptors (Lipinski definition) is 3. The van der Waals surface area contributed by atoms with Gasteiger partial charge in [0.15, 0.2) is 0 Å². The van der Waals surface area contributed by atoms with Crippen LogP contribution in [0.2, 0.25) is 0 Å². The van der Waals surface area contributed by atoms with Crippen molar-refractivity contribution in [3.63, 3.8) is 0 Å². The van der Waals surface area contributed by atoms with Gasteiger partial charge in [-0.25, -0.2) is 4.72 Å². The molecule has 0 spiro atoms. The lowest BCUT2D eigenvalue weighted by molar-refractivity contribution is 0.220. The Morgan fingerprint density at radius 2 is 1.94 bits per heavy atom. The van der Waals surface area contributed by atoms with Gasteiger partial charge < -0.3 is 5.32 Å². The molecule has 2 aliphatic heterocycles. The maximum atomic E-state index is 12.2. The fourth-order valence-electron chi connectivity index (χ4n) is 3.01. The monoisotopic (exact) mass is 275 g/mol. The summed E-state index contributed by atoms with van der Waals surface area (Å²) in [7, 11) is -3.28. The number of nitrogens with zero attached hydrogens (tertiary/aromatic N) is 1. The second-order valence-electron chi connectivity index (χ2n) is 5.98. The molecule has 106 valence electrons. The van der Waals surface area contributed by atoms with Gasteiger partial charge in [0.05, 0.1) is 0 Å². The van der Waals surface area contributed by atoms with E-state index in [2.05, 4.69) is 23.9 Å². The van der Waals surface area contributed by atoms with Crippen molar-refractivity contribution in [1.29, 1.82) is 0 Å². The second kappa shape index (κ2) is 5.86. The molecule has 0 bridgehead atoms. The molecule has 0 aromatic heterocycles. The van der Waals surface area contributed by atoms with Gasteiger partial charge in [-0.3, -0.25) is 0 Å². The van der Waals surface area contributed by atoms with Crippen LogP contribution in [-0.2, 0) is 10.2 Å². The zero-order valence-corrected chi connectivity index (χ0v) is 12.2. The highest BCUT2D eigenvalue weighted by atomic mass is 32.2. The van der Waals surface area contributed by atoms with E-state index >= 15 is 0 Å². The molecular weight excluding hydrogens is 250 g/mol. The number of rotatable bonds is 4. The number of nitrogens with one attached hydrogen (secondary N) is 2. The van der Waals surface area contributed by atoms with Gasteiger partial charge in [-0.15, -0.1) is 0 Å². The van der Waals surface area contributed by atoms with Gasteiger partial charge >= 0.3 is 0 Å². The standard InChI is InChI=1S/C12H25N3O2S/c1-10-5-11(2)9-15(8-10)18(16,17)14-7-12-3-4-13-6-12/h10-14H,3-9H2,1-2H3. The SMILES string of the molecule is CC1CC(C)CN(S(=O)(=O)NCC2CCNC2)C1. The van der Waals surface area contributed by atoms with Gasteiger partial charge in [0.2, 0.25) is 0 Å². The van der Waals surface area contributed by atoms with Crippen molar-refractivity contribution in [1.82, 2.24) is 14.3 Å². The van der Waals surface area contributed by atoms with Gasteiger partial charge in [-0.2, -0.15) is 12.7 Å². The van der Waals surface area contributed by atoms with Crippen molar-refractivity contribution in [2.45, 2.75) is 26.7 Å². The van der Waals surface area contributed by atoms with Gasteiger partial charge in [0.1, 0.15) is 0 Å². The Labute approximate surface area is 110 Å². The van der Waals surface area contributed by atoms with Gasteiger partial charge in [-0.05, 0) is 43.7 Å². The summed E-state index contributed by atoms with van der Waals surface area (Å²) in [5, 5.41) is 3.25. The van der Waals surface area contributed by atoms with Crippen LogP contribution in [0.5, 0.6) is 0 Å². The fraction of sp³-hybridized carbons (Fsp3) is 1.00. The summed E-state index contributed by atoms with van der Waals surface area (Å²) in [6.45, 7) is 8.05. The Kier molecular flexibility index (Phi) is 4.64. The molecule has 0 aliphatic carbocycles. The lowest BCUT2D eigenvalue weighted by Gasteiger charge is -2.34. The first-order chi connectivity index (χ1) is 8.47. The highest BCUT2D eigenvalue weighted by molar-refractivity contribution is 7.87. The summed E-state index contributed by atoms with van der Waals surface area (Å²) in [4.78, 5) is 0. The molecule has 2 fully saturated rings. The Bertz CT molecular complexity index is 356. The molecule has 0 radical (unpaired) electrons. The average molecular weight is 275 g/mol. The molecule has 3 unspecified atom stereocenters. The molecule has 2 heterocycles. The molecule has 18 heavy (non-hydrogen) atoms. The van der Waals surface area contributed by atoms with Crippen LogP contribution in [0.3, 0.4) is 0 Å². The highest BCUT2D eigenvalue weighted by Crippen LogP contribution is 2.22. The van der Waals surface area contributed by atoms with Crippen LogP contribution in [-0.4, -0.2) is 45.4 Å². The molecule has 2 aliphatic rings. The van der Waals surface area contributed by atoms with Crippen LogP contribution in [0.1, 0.15) is 26.7 Å². The molecular formula is C12H25N3O2S. The minimum Gasteiger partial charge on any atom is -0.316 e. The van der Waals surface area contributed by atoms with Crippen molar-refractivity contribution in [3.05, 3.63) is 0 Å². The molecule has 3 atom stereocenters. The predicted octanol–water partition coefficient (Wildman–Crippen LogP) is 0.408. The maximum absolute atomic E-state index is 12.2. The largest absolute Gasteiger partial charge is 0.316 e. The van der Waals surface area contributed by atoms with E-state index in [1.807, 2.05) is 0 Å². The van der Waals surface area contributed by atoms with Crippen molar-refractivity contribution < 1.29 is 8.42 Å². The van der Waals surface area contributed by atoms with E-state index in [1.54, 1.807) is 4.31 Å². The van der Waals surface area contributed by atoms with E-state index in [1.165, 1.54) is 0 Å². The molecule has 2 rings (SSSR count).